The smallest absolute Gasteiger partial charge is 0.306 e. The third kappa shape index (κ3) is 4.24. The molecule has 0 radical (unpaired) electrons. The minimum Gasteiger partial charge on any atom is -0.494 e. The molecule has 4 nitrogen and oxygen atoms in total. The lowest BCUT2D eigenvalue weighted by Gasteiger charge is -2.22. The standard InChI is InChI=1S/C15H22O4/c1-4-9-19-13-7-5-12(6-8-13)14(16)10(2)11(3)15(17)18/h5-8,10-11,14,16H,4,9H2,1-3H3,(H,17,18). The molecule has 106 valence electrons. The van der Waals surface area contributed by atoms with Crippen LogP contribution in [-0.4, -0.2) is 22.8 Å². The Kier molecular flexibility index (Phi) is 5.83. The average molecular weight is 266 g/mol. The van der Waals surface area contributed by atoms with Crippen LogP contribution >= 0.6 is 0 Å². The number of benzene rings is 1. The lowest BCUT2D eigenvalue weighted by atomic mass is 9.87. The van der Waals surface area contributed by atoms with Crippen LogP contribution < -0.4 is 4.74 Å². The van der Waals surface area contributed by atoms with E-state index in [2.05, 4.69) is 0 Å². The summed E-state index contributed by atoms with van der Waals surface area (Å²) in [4.78, 5) is 10.9. The second-order valence-corrected chi connectivity index (χ2v) is 4.85. The van der Waals surface area contributed by atoms with Crippen LogP contribution in [0.4, 0.5) is 0 Å². The van der Waals surface area contributed by atoms with Crippen molar-refractivity contribution in [3.63, 3.8) is 0 Å². The minimum atomic E-state index is -0.894. The number of carboxylic acid groups (broad SMARTS) is 1. The predicted octanol–water partition coefficient (Wildman–Crippen LogP) is 2.87. The third-order valence-corrected chi connectivity index (χ3v) is 3.37. The number of hydrogen-bond donors (Lipinski definition) is 2. The van der Waals surface area contributed by atoms with Crippen LogP contribution in [-0.2, 0) is 4.79 Å². The van der Waals surface area contributed by atoms with Crippen molar-refractivity contribution in [2.75, 3.05) is 6.61 Å². The van der Waals surface area contributed by atoms with Crippen molar-refractivity contribution in [3.05, 3.63) is 29.8 Å². The minimum absolute atomic E-state index is 0.347. The van der Waals surface area contributed by atoms with Crippen LogP contribution in [0.15, 0.2) is 24.3 Å². The summed E-state index contributed by atoms with van der Waals surface area (Å²) in [6.07, 6.45) is 0.156. The summed E-state index contributed by atoms with van der Waals surface area (Å²) in [5.74, 6) is -1.07. The van der Waals surface area contributed by atoms with E-state index in [-0.39, 0.29) is 5.92 Å². The van der Waals surface area contributed by atoms with Crippen molar-refractivity contribution < 1.29 is 19.7 Å². The highest BCUT2D eigenvalue weighted by molar-refractivity contribution is 5.69. The molecule has 0 aliphatic carbocycles. The maximum absolute atomic E-state index is 10.9. The summed E-state index contributed by atoms with van der Waals surface area (Å²) in [7, 11) is 0. The summed E-state index contributed by atoms with van der Waals surface area (Å²) in [6.45, 7) is 6.04. The zero-order valence-corrected chi connectivity index (χ0v) is 11.7. The van der Waals surface area contributed by atoms with E-state index in [1.165, 1.54) is 0 Å². The zero-order chi connectivity index (χ0) is 14.4. The van der Waals surface area contributed by atoms with E-state index >= 15 is 0 Å². The van der Waals surface area contributed by atoms with Gasteiger partial charge in [0.2, 0.25) is 0 Å². The molecule has 2 N–H and O–H groups in total. The van der Waals surface area contributed by atoms with Gasteiger partial charge in [-0.15, -0.1) is 0 Å². The van der Waals surface area contributed by atoms with Crippen molar-refractivity contribution >= 4 is 5.97 Å². The fourth-order valence-corrected chi connectivity index (χ4v) is 1.78. The highest BCUT2D eigenvalue weighted by atomic mass is 16.5. The first kappa shape index (κ1) is 15.5. The molecule has 0 bridgehead atoms. The van der Waals surface area contributed by atoms with Crippen LogP contribution in [0.25, 0.3) is 0 Å². The van der Waals surface area contributed by atoms with E-state index in [0.29, 0.717) is 12.2 Å². The van der Waals surface area contributed by atoms with Crippen molar-refractivity contribution in [1.29, 1.82) is 0 Å². The Labute approximate surface area is 114 Å². The van der Waals surface area contributed by atoms with Gasteiger partial charge in [-0.2, -0.15) is 0 Å². The average Bonchev–Trinajstić information content (AvgIpc) is 2.43. The van der Waals surface area contributed by atoms with Crippen molar-refractivity contribution in [3.8, 4) is 5.75 Å². The summed E-state index contributed by atoms with van der Waals surface area (Å²) in [5, 5.41) is 19.1. The van der Waals surface area contributed by atoms with Gasteiger partial charge in [0.05, 0.1) is 18.6 Å². The summed E-state index contributed by atoms with van der Waals surface area (Å²) < 4.78 is 5.46. The molecule has 0 heterocycles. The lowest BCUT2D eigenvalue weighted by Crippen LogP contribution is -2.23. The Balaban J connectivity index is 2.71. The zero-order valence-electron chi connectivity index (χ0n) is 11.7. The van der Waals surface area contributed by atoms with E-state index in [1.54, 1.807) is 38.1 Å². The topological polar surface area (TPSA) is 66.8 Å². The highest BCUT2D eigenvalue weighted by Crippen LogP contribution is 2.29. The van der Waals surface area contributed by atoms with Crippen LogP contribution in [0, 0.1) is 11.8 Å². The first-order chi connectivity index (χ1) is 8.97. The first-order valence-corrected chi connectivity index (χ1v) is 6.61. The maximum atomic E-state index is 10.9. The van der Waals surface area contributed by atoms with E-state index in [1.807, 2.05) is 6.92 Å². The Morgan fingerprint density at radius 3 is 2.32 bits per heavy atom. The van der Waals surface area contributed by atoms with E-state index in [0.717, 1.165) is 12.2 Å². The predicted molar refractivity (Wildman–Crippen MR) is 73.2 cm³/mol. The van der Waals surface area contributed by atoms with Gasteiger partial charge in [0.25, 0.3) is 0 Å². The molecule has 3 unspecified atom stereocenters. The van der Waals surface area contributed by atoms with Gasteiger partial charge in [0.1, 0.15) is 5.75 Å². The Morgan fingerprint density at radius 2 is 1.84 bits per heavy atom. The maximum Gasteiger partial charge on any atom is 0.306 e. The second kappa shape index (κ2) is 7.14. The quantitative estimate of drug-likeness (QED) is 0.796. The summed E-state index contributed by atoms with van der Waals surface area (Å²) in [6, 6.07) is 7.15. The van der Waals surface area contributed by atoms with E-state index < -0.39 is 18.0 Å². The van der Waals surface area contributed by atoms with E-state index in [9.17, 15) is 9.90 Å². The molecule has 0 spiro atoms. The third-order valence-electron chi connectivity index (χ3n) is 3.37. The molecule has 0 amide bonds. The van der Waals surface area contributed by atoms with Gasteiger partial charge in [0, 0.05) is 0 Å². The molecule has 0 aliphatic heterocycles. The Bertz CT molecular complexity index is 399. The number of carbonyl (C=O) groups is 1. The molecule has 1 aromatic carbocycles. The molecule has 1 aromatic rings. The molecular weight excluding hydrogens is 244 g/mol. The second-order valence-electron chi connectivity index (χ2n) is 4.85. The molecule has 0 aliphatic rings. The van der Waals surface area contributed by atoms with Crippen LogP contribution in [0.3, 0.4) is 0 Å². The summed E-state index contributed by atoms with van der Waals surface area (Å²) in [5.41, 5.74) is 0.712. The molecule has 3 atom stereocenters. The molecule has 0 saturated heterocycles. The number of aliphatic hydroxyl groups excluding tert-OH is 1. The SMILES string of the molecule is CCCOc1ccc(C(O)C(C)C(C)C(=O)O)cc1. The molecule has 0 aromatic heterocycles. The monoisotopic (exact) mass is 266 g/mol. The van der Waals surface area contributed by atoms with E-state index in [4.69, 9.17) is 9.84 Å². The largest absolute Gasteiger partial charge is 0.494 e. The fourth-order valence-electron chi connectivity index (χ4n) is 1.78. The number of carboxylic acids is 1. The normalized spacial score (nSPS) is 15.6. The highest BCUT2D eigenvalue weighted by Gasteiger charge is 2.26. The van der Waals surface area contributed by atoms with Crippen molar-refractivity contribution in [2.45, 2.75) is 33.3 Å². The van der Waals surface area contributed by atoms with Crippen LogP contribution in [0.1, 0.15) is 38.9 Å². The number of ether oxygens (including phenoxy) is 1. The van der Waals surface area contributed by atoms with Gasteiger partial charge < -0.3 is 14.9 Å². The number of aliphatic carboxylic acids is 1. The number of rotatable bonds is 7. The molecule has 0 fully saturated rings. The molecule has 4 heteroatoms. The molecule has 0 saturated carbocycles. The Morgan fingerprint density at radius 1 is 1.26 bits per heavy atom. The van der Waals surface area contributed by atoms with Crippen LogP contribution in [0.2, 0.25) is 0 Å². The van der Waals surface area contributed by atoms with Gasteiger partial charge in [-0.1, -0.05) is 32.9 Å². The van der Waals surface area contributed by atoms with Gasteiger partial charge >= 0.3 is 5.97 Å². The first-order valence-electron chi connectivity index (χ1n) is 6.61. The van der Waals surface area contributed by atoms with Gasteiger partial charge in [0.15, 0.2) is 0 Å². The molecule has 1 rings (SSSR count). The number of hydrogen-bond acceptors (Lipinski definition) is 3. The Hall–Kier alpha value is -1.55. The van der Waals surface area contributed by atoms with Crippen molar-refractivity contribution in [2.24, 2.45) is 11.8 Å². The number of aliphatic hydroxyl groups is 1. The molecule has 19 heavy (non-hydrogen) atoms. The van der Waals surface area contributed by atoms with Gasteiger partial charge in [-0.3, -0.25) is 4.79 Å². The lowest BCUT2D eigenvalue weighted by molar-refractivity contribution is -0.144. The van der Waals surface area contributed by atoms with Gasteiger partial charge in [-0.05, 0) is 30.0 Å². The van der Waals surface area contributed by atoms with Crippen molar-refractivity contribution in [1.82, 2.24) is 0 Å². The fraction of sp³-hybridized carbons (Fsp3) is 0.533. The van der Waals surface area contributed by atoms with Gasteiger partial charge in [-0.25, -0.2) is 0 Å². The van der Waals surface area contributed by atoms with Crippen LogP contribution in [0.5, 0.6) is 5.75 Å². The summed E-state index contributed by atoms with van der Waals surface area (Å²) >= 11 is 0. The molecular formula is C15H22O4.